The molecule has 1 N–H and O–H groups in total. The number of aromatic nitrogens is 2. The molecule has 0 radical (unpaired) electrons. The summed E-state index contributed by atoms with van der Waals surface area (Å²) in [5.41, 5.74) is 3.09. The van der Waals surface area contributed by atoms with Gasteiger partial charge in [-0.25, -0.2) is 4.98 Å². The fourth-order valence-corrected chi connectivity index (χ4v) is 3.38. The maximum absolute atomic E-state index is 5.99. The third kappa shape index (κ3) is 4.34. The number of hydrogen-bond donors (Lipinski definition) is 1. The number of halogens is 1. The minimum absolute atomic E-state index is 0.688. The molecule has 1 aromatic heterocycles. The Hall–Kier alpha value is -1.91. The van der Waals surface area contributed by atoms with Crippen LogP contribution in [0.3, 0.4) is 0 Å². The van der Waals surface area contributed by atoms with E-state index in [-0.39, 0.29) is 0 Å². The lowest BCUT2D eigenvalue weighted by Crippen LogP contribution is -2.01. The standard InChI is InChI=1S/C19H19ClN2OS/c1-2-6-14-7-3-4-8-18(14)23-11-5-12-24-19-21-16-10-9-15(20)13-17(16)22-19/h2-4,7-10,13H,1,5-6,11-12H2,(H,21,22). The van der Waals surface area contributed by atoms with Crippen molar-refractivity contribution < 1.29 is 4.74 Å². The summed E-state index contributed by atoms with van der Waals surface area (Å²) in [5, 5.41) is 1.63. The summed E-state index contributed by atoms with van der Waals surface area (Å²) in [6.07, 6.45) is 3.67. The molecule has 3 rings (SSSR count). The molecule has 0 saturated heterocycles. The van der Waals surface area contributed by atoms with Gasteiger partial charge in [-0.2, -0.15) is 0 Å². The summed E-state index contributed by atoms with van der Waals surface area (Å²) in [5.74, 6) is 1.89. The Morgan fingerprint density at radius 2 is 2.12 bits per heavy atom. The number of hydrogen-bond acceptors (Lipinski definition) is 3. The highest BCUT2D eigenvalue weighted by molar-refractivity contribution is 7.99. The highest BCUT2D eigenvalue weighted by Crippen LogP contribution is 2.23. The number of allylic oxidation sites excluding steroid dienone is 1. The molecule has 0 fully saturated rings. The average molecular weight is 359 g/mol. The zero-order valence-corrected chi connectivity index (χ0v) is 14.9. The van der Waals surface area contributed by atoms with E-state index >= 15 is 0 Å². The molecule has 124 valence electrons. The first-order valence-corrected chi connectivity index (χ1v) is 9.22. The van der Waals surface area contributed by atoms with Crippen LogP contribution >= 0.6 is 23.4 Å². The molecule has 5 heteroatoms. The van der Waals surface area contributed by atoms with Crippen molar-refractivity contribution in [2.45, 2.75) is 18.0 Å². The molecular weight excluding hydrogens is 340 g/mol. The Balaban J connectivity index is 1.47. The van der Waals surface area contributed by atoms with Crippen molar-refractivity contribution in [1.82, 2.24) is 9.97 Å². The number of imidazole rings is 1. The SMILES string of the molecule is C=CCc1ccccc1OCCCSc1nc2ccc(Cl)cc2[nH]1. The predicted molar refractivity (Wildman–Crippen MR) is 102 cm³/mol. The van der Waals surface area contributed by atoms with Crippen LogP contribution in [0.2, 0.25) is 5.02 Å². The van der Waals surface area contributed by atoms with Crippen LogP contribution in [0, 0.1) is 0 Å². The normalized spacial score (nSPS) is 10.9. The van der Waals surface area contributed by atoms with E-state index in [0.29, 0.717) is 11.6 Å². The third-order valence-electron chi connectivity index (χ3n) is 3.54. The summed E-state index contributed by atoms with van der Waals surface area (Å²) in [6.45, 7) is 4.47. The molecule has 1 heterocycles. The van der Waals surface area contributed by atoms with Gasteiger partial charge in [-0.05, 0) is 42.7 Å². The summed E-state index contributed by atoms with van der Waals surface area (Å²) < 4.78 is 5.89. The van der Waals surface area contributed by atoms with Crippen LogP contribution < -0.4 is 4.74 Å². The summed E-state index contributed by atoms with van der Waals surface area (Å²) in [7, 11) is 0. The summed E-state index contributed by atoms with van der Waals surface area (Å²) >= 11 is 7.69. The molecule has 0 bridgehead atoms. The van der Waals surface area contributed by atoms with E-state index in [0.717, 1.165) is 40.5 Å². The molecule has 3 nitrogen and oxygen atoms in total. The minimum Gasteiger partial charge on any atom is -0.493 e. The van der Waals surface area contributed by atoms with Gasteiger partial charge in [-0.15, -0.1) is 6.58 Å². The number of fused-ring (bicyclic) bond motifs is 1. The second-order valence-corrected chi connectivity index (χ2v) is 6.87. The number of para-hydroxylation sites is 1. The maximum atomic E-state index is 5.99. The van der Waals surface area contributed by atoms with Gasteiger partial charge in [0.05, 0.1) is 17.6 Å². The number of H-pyrrole nitrogens is 1. The number of aromatic amines is 1. The maximum Gasteiger partial charge on any atom is 0.166 e. The van der Waals surface area contributed by atoms with Crippen LogP contribution in [0.25, 0.3) is 11.0 Å². The molecule has 3 aromatic rings. The van der Waals surface area contributed by atoms with Crippen molar-refractivity contribution in [3.63, 3.8) is 0 Å². The molecule has 0 unspecified atom stereocenters. The number of rotatable bonds is 8. The Kier molecular flexibility index (Phi) is 5.83. The van der Waals surface area contributed by atoms with Gasteiger partial charge in [-0.1, -0.05) is 47.6 Å². The van der Waals surface area contributed by atoms with Crippen LogP contribution in [0.4, 0.5) is 0 Å². The first kappa shape index (κ1) is 16.9. The molecule has 2 aromatic carbocycles. The van der Waals surface area contributed by atoms with Crippen molar-refractivity contribution >= 4 is 34.4 Å². The number of benzene rings is 2. The van der Waals surface area contributed by atoms with E-state index in [1.807, 2.05) is 42.5 Å². The smallest absolute Gasteiger partial charge is 0.166 e. The largest absolute Gasteiger partial charge is 0.493 e. The first-order chi connectivity index (χ1) is 11.8. The van der Waals surface area contributed by atoms with E-state index in [1.54, 1.807) is 11.8 Å². The Morgan fingerprint density at radius 1 is 1.25 bits per heavy atom. The zero-order valence-electron chi connectivity index (χ0n) is 13.3. The molecule has 0 atom stereocenters. The van der Waals surface area contributed by atoms with Crippen molar-refractivity contribution in [2.24, 2.45) is 0 Å². The molecule has 0 spiro atoms. The van der Waals surface area contributed by atoms with Gasteiger partial charge >= 0.3 is 0 Å². The van der Waals surface area contributed by atoms with Crippen molar-refractivity contribution in [2.75, 3.05) is 12.4 Å². The molecule has 24 heavy (non-hydrogen) atoms. The molecule has 0 aliphatic carbocycles. The average Bonchev–Trinajstić information content (AvgIpc) is 2.98. The Morgan fingerprint density at radius 3 is 3.00 bits per heavy atom. The summed E-state index contributed by atoms with van der Waals surface area (Å²) in [6, 6.07) is 13.8. The Bertz CT molecular complexity index is 831. The van der Waals surface area contributed by atoms with E-state index in [4.69, 9.17) is 16.3 Å². The van der Waals surface area contributed by atoms with Crippen LogP contribution in [0.15, 0.2) is 60.3 Å². The quantitative estimate of drug-likeness (QED) is 0.328. The van der Waals surface area contributed by atoms with Crippen LogP contribution in [-0.4, -0.2) is 22.3 Å². The van der Waals surface area contributed by atoms with E-state index in [2.05, 4.69) is 22.6 Å². The van der Waals surface area contributed by atoms with Crippen LogP contribution in [-0.2, 0) is 6.42 Å². The van der Waals surface area contributed by atoms with Gasteiger partial charge in [0.1, 0.15) is 5.75 Å². The molecule has 0 aliphatic heterocycles. The summed E-state index contributed by atoms with van der Waals surface area (Å²) in [4.78, 5) is 7.83. The molecule has 0 aliphatic rings. The van der Waals surface area contributed by atoms with Crippen molar-refractivity contribution in [3.05, 3.63) is 65.7 Å². The van der Waals surface area contributed by atoms with E-state index in [9.17, 15) is 0 Å². The molecule has 0 saturated carbocycles. The highest BCUT2D eigenvalue weighted by Gasteiger charge is 2.05. The van der Waals surface area contributed by atoms with E-state index < -0.39 is 0 Å². The zero-order chi connectivity index (χ0) is 16.8. The lowest BCUT2D eigenvalue weighted by Gasteiger charge is -2.09. The van der Waals surface area contributed by atoms with Gasteiger partial charge in [0.2, 0.25) is 0 Å². The second-order valence-electron chi connectivity index (χ2n) is 5.35. The van der Waals surface area contributed by atoms with Crippen LogP contribution in [0.5, 0.6) is 5.75 Å². The number of nitrogens with zero attached hydrogens (tertiary/aromatic N) is 1. The second kappa shape index (κ2) is 8.27. The molecular formula is C19H19ClN2OS. The van der Waals surface area contributed by atoms with Crippen LogP contribution in [0.1, 0.15) is 12.0 Å². The van der Waals surface area contributed by atoms with Crippen molar-refractivity contribution in [3.8, 4) is 5.75 Å². The fourth-order valence-electron chi connectivity index (χ4n) is 2.41. The monoisotopic (exact) mass is 358 g/mol. The topological polar surface area (TPSA) is 37.9 Å². The highest BCUT2D eigenvalue weighted by atomic mass is 35.5. The van der Waals surface area contributed by atoms with Gasteiger partial charge in [-0.3, -0.25) is 0 Å². The van der Waals surface area contributed by atoms with Gasteiger partial charge in [0.15, 0.2) is 5.16 Å². The third-order valence-corrected chi connectivity index (χ3v) is 4.74. The van der Waals surface area contributed by atoms with Gasteiger partial charge < -0.3 is 9.72 Å². The minimum atomic E-state index is 0.688. The van der Waals surface area contributed by atoms with Gasteiger partial charge in [0.25, 0.3) is 0 Å². The lowest BCUT2D eigenvalue weighted by atomic mass is 10.1. The van der Waals surface area contributed by atoms with Crippen molar-refractivity contribution in [1.29, 1.82) is 0 Å². The number of thioether (sulfide) groups is 1. The van der Waals surface area contributed by atoms with E-state index in [1.165, 1.54) is 5.56 Å². The Labute approximate surface area is 151 Å². The first-order valence-electron chi connectivity index (χ1n) is 7.86. The number of nitrogens with one attached hydrogen (secondary N) is 1. The number of ether oxygens (including phenoxy) is 1. The molecule has 0 amide bonds. The lowest BCUT2D eigenvalue weighted by molar-refractivity contribution is 0.316. The fraction of sp³-hybridized carbons (Fsp3) is 0.211. The van der Waals surface area contributed by atoms with Gasteiger partial charge in [0, 0.05) is 10.8 Å². The predicted octanol–water partition coefficient (Wildman–Crippen LogP) is 5.51.